The maximum atomic E-state index is 13.6. The van der Waals surface area contributed by atoms with Crippen molar-refractivity contribution in [2.24, 2.45) is 5.92 Å². The summed E-state index contributed by atoms with van der Waals surface area (Å²) in [4.78, 5) is 20.6. The van der Waals surface area contributed by atoms with E-state index in [1.54, 1.807) is 15.9 Å². The zero-order valence-electron chi connectivity index (χ0n) is 15.7. The minimum Gasteiger partial charge on any atom is -0.268 e. The molecule has 0 unspecified atom stereocenters. The highest BCUT2D eigenvalue weighted by molar-refractivity contribution is 7.99. The first-order valence-corrected chi connectivity index (χ1v) is 10.9. The van der Waals surface area contributed by atoms with E-state index in [9.17, 15) is 4.79 Å². The highest BCUT2D eigenvalue weighted by Crippen LogP contribution is 2.37. The summed E-state index contributed by atoms with van der Waals surface area (Å²) in [7, 11) is 0. The van der Waals surface area contributed by atoms with Crippen molar-refractivity contribution < 1.29 is 0 Å². The number of aromatic nitrogens is 2. The number of benzene rings is 1. The maximum Gasteiger partial charge on any atom is 0.267 e. The lowest BCUT2D eigenvalue weighted by Gasteiger charge is -2.18. The van der Waals surface area contributed by atoms with Crippen molar-refractivity contribution in [3.8, 4) is 11.8 Å². The van der Waals surface area contributed by atoms with Crippen molar-refractivity contribution in [3.63, 3.8) is 0 Å². The lowest BCUT2D eigenvalue weighted by Crippen LogP contribution is -2.23. The second-order valence-electron chi connectivity index (χ2n) is 7.30. The van der Waals surface area contributed by atoms with Crippen LogP contribution in [0.15, 0.2) is 28.2 Å². The summed E-state index contributed by atoms with van der Waals surface area (Å²) >= 11 is 2.99. The van der Waals surface area contributed by atoms with Crippen LogP contribution in [0.2, 0.25) is 0 Å². The van der Waals surface area contributed by atoms with Crippen LogP contribution in [0.3, 0.4) is 0 Å². The standard InChI is InChI=1S/C21H21N3OS2/c1-12-4-6-14(3)16(10-12)24-20(25)18-15-7-5-13(2)11-17(15)27-19(18)23-21(24)26-9-8-22/h4,6,10,13H,5,7,9,11H2,1-3H3/t13-/m1/s1. The second-order valence-corrected chi connectivity index (χ2v) is 9.33. The summed E-state index contributed by atoms with van der Waals surface area (Å²) < 4.78 is 1.72. The molecular weight excluding hydrogens is 374 g/mol. The van der Waals surface area contributed by atoms with Crippen LogP contribution >= 0.6 is 23.1 Å². The molecule has 4 nitrogen and oxygen atoms in total. The summed E-state index contributed by atoms with van der Waals surface area (Å²) in [5.41, 5.74) is 4.18. The average molecular weight is 396 g/mol. The van der Waals surface area contributed by atoms with Gasteiger partial charge in [-0.2, -0.15) is 5.26 Å². The van der Waals surface area contributed by atoms with Crippen LogP contribution in [-0.2, 0) is 12.8 Å². The van der Waals surface area contributed by atoms with Crippen LogP contribution in [-0.4, -0.2) is 15.3 Å². The Kier molecular flexibility index (Phi) is 4.83. The molecule has 0 amide bonds. The topological polar surface area (TPSA) is 58.7 Å². The van der Waals surface area contributed by atoms with Gasteiger partial charge in [0.25, 0.3) is 5.56 Å². The van der Waals surface area contributed by atoms with Gasteiger partial charge in [0, 0.05) is 4.88 Å². The van der Waals surface area contributed by atoms with E-state index in [-0.39, 0.29) is 11.3 Å². The van der Waals surface area contributed by atoms with Crippen molar-refractivity contribution in [3.05, 3.63) is 50.1 Å². The Morgan fingerprint density at radius 3 is 3.00 bits per heavy atom. The molecule has 6 heteroatoms. The molecule has 2 heterocycles. The van der Waals surface area contributed by atoms with Crippen molar-refractivity contribution in [2.75, 3.05) is 5.75 Å². The molecule has 0 N–H and O–H groups in total. The lowest BCUT2D eigenvalue weighted by molar-refractivity contribution is 0.509. The molecule has 1 aliphatic carbocycles. The number of hydrogen-bond acceptors (Lipinski definition) is 5. The molecular formula is C21H21N3OS2. The molecule has 0 aliphatic heterocycles. The number of aryl methyl sites for hydroxylation is 3. The van der Waals surface area contributed by atoms with Crippen LogP contribution in [0.1, 0.15) is 34.9 Å². The molecule has 1 aliphatic rings. The molecule has 0 saturated heterocycles. The SMILES string of the molecule is Cc1ccc(C)c(-n2c(SCC#N)nc3sc4c(c3c2=O)CC[C@@H](C)C4)c1. The number of thioether (sulfide) groups is 1. The summed E-state index contributed by atoms with van der Waals surface area (Å²) in [6.07, 6.45) is 3.09. The molecule has 4 rings (SSSR count). The number of fused-ring (bicyclic) bond motifs is 3. The smallest absolute Gasteiger partial charge is 0.267 e. The van der Waals surface area contributed by atoms with Gasteiger partial charge in [0.15, 0.2) is 5.16 Å². The molecule has 0 bridgehead atoms. The maximum absolute atomic E-state index is 13.6. The predicted octanol–water partition coefficient (Wildman–Crippen LogP) is 4.80. The Labute approximate surface area is 166 Å². The zero-order chi connectivity index (χ0) is 19.1. The molecule has 1 aromatic carbocycles. The Bertz CT molecular complexity index is 1140. The minimum absolute atomic E-state index is 0.00110. The predicted molar refractivity (Wildman–Crippen MR) is 112 cm³/mol. The zero-order valence-corrected chi connectivity index (χ0v) is 17.3. The van der Waals surface area contributed by atoms with E-state index < -0.39 is 0 Å². The van der Waals surface area contributed by atoms with Crippen molar-refractivity contribution in [1.29, 1.82) is 5.26 Å². The average Bonchev–Trinajstić information content (AvgIpc) is 2.99. The van der Waals surface area contributed by atoms with Crippen LogP contribution in [0.5, 0.6) is 0 Å². The Hall–Kier alpha value is -2.10. The van der Waals surface area contributed by atoms with Gasteiger partial charge in [0.1, 0.15) is 4.83 Å². The number of nitriles is 1. The lowest BCUT2D eigenvalue weighted by atomic mass is 9.89. The third-order valence-corrected chi connectivity index (χ3v) is 7.12. The fraction of sp³-hybridized carbons (Fsp3) is 0.381. The molecule has 27 heavy (non-hydrogen) atoms. The molecule has 2 aromatic heterocycles. The highest BCUT2D eigenvalue weighted by Gasteiger charge is 2.25. The molecule has 1 atom stereocenters. The first kappa shape index (κ1) is 18.3. The van der Waals surface area contributed by atoms with Gasteiger partial charge in [-0.3, -0.25) is 9.36 Å². The van der Waals surface area contributed by atoms with Gasteiger partial charge in [0.05, 0.1) is 22.9 Å². The summed E-state index contributed by atoms with van der Waals surface area (Å²) in [5, 5.41) is 10.4. The van der Waals surface area contributed by atoms with E-state index in [0.29, 0.717) is 11.1 Å². The van der Waals surface area contributed by atoms with Gasteiger partial charge in [-0.15, -0.1) is 11.3 Å². The summed E-state index contributed by atoms with van der Waals surface area (Å²) in [6, 6.07) is 8.26. The van der Waals surface area contributed by atoms with Crippen LogP contribution < -0.4 is 5.56 Å². The fourth-order valence-electron chi connectivity index (χ4n) is 3.74. The molecule has 0 spiro atoms. The fourth-order valence-corrected chi connectivity index (χ4v) is 5.83. The minimum atomic E-state index is 0.00110. The number of thiophene rings is 1. The molecule has 0 fully saturated rings. The summed E-state index contributed by atoms with van der Waals surface area (Å²) in [6.45, 7) is 6.30. The van der Waals surface area contributed by atoms with E-state index in [1.807, 2.05) is 32.0 Å². The van der Waals surface area contributed by atoms with Gasteiger partial charge in [-0.1, -0.05) is 30.8 Å². The third kappa shape index (κ3) is 3.19. The van der Waals surface area contributed by atoms with Crippen LogP contribution in [0.4, 0.5) is 0 Å². The molecule has 3 aromatic rings. The van der Waals surface area contributed by atoms with Gasteiger partial charge >= 0.3 is 0 Å². The number of rotatable bonds is 3. The second kappa shape index (κ2) is 7.14. The first-order chi connectivity index (χ1) is 13.0. The van der Waals surface area contributed by atoms with E-state index in [1.165, 1.54) is 22.2 Å². The monoisotopic (exact) mass is 395 g/mol. The molecule has 0 saturated carbocycles. The molecule has 0 radical (unpaired) electrons. The first-order valence-electron chi connectivity index (χ1n) is 9.14. The van der Waals surface area contributed by atoms with Gasteiger partial charge < -0.3 is 0 Å². The highest BCUT2D eigenvalue weighted by atomic mass is 32.2. The van der Waals surface area contributed by atoms with E-state index >= 15 is 0 Å². The Morgan fingerprint density at radius 2 is 2.22 bits per heavy atom. The summed E-state index contributed by atoms with van der Waals surface area (Å²) in [5.74, 6) is 0.921. The van der Waals surface area contributed by atoms with E-state index in [0.717, 1.165) is 46.3 Å². The quantitative estimate of drug-likeness (QED) is 0.472. The normalized spacial score (nSPS) is 16.3. The van der Waals surface area contributed by atoms with Gasteiger partial charge in [-0.25, -0.2) is 4.98 Å². The largest absolute Gasteiger partial charge is 0.268 e. The van der Waals surface area contributed by atoms with Crippen LogP contribution in [0, 0.1) is 31.1 Å². The number of nitrogens with zero attached hydrogens (tertiary/aromatic N) is 3. The van der Waals surface area contributed by atoms with E-state index in [4.69, 9.17) is 10.2 Å². The van der Waals surface area contributed by atoms with Gasteiger partial charge in [0.2, 0.25) is 0 Å². The van der Waals surface area contributed by atoms with Gasteiger partial charge in [-0.05, 0) is 61.8 Å². The van der Waals surface area contributed by atoms with Crippen molar-refractivity contribution in [1.82, 2.24) is 9.55 Å². The van der Waals surface area contributed by atoms with Crippen molar-refractivity contribution >= 4 is 33.3 Å². The molecule has 138 valence electrons. The Morgan fingerprint density at radius 1 is 1.41 bits per heavy atom. The number of hydrogen-bond donors (Lipinski definition) is 0. The van der Waals surface area contributed by atoms with Crippen molar-refractivity contribution in [2.45, 2.75) is 45.2 Å². The Balaban J connectivity index is 2.03. The third-order valence-electron chi connectivity index (χ3n) is 5.17. The van der Waals surface area contributed by atoms with E-state index in [2.05, 4.69) is 13.0 Å². The van der Waals surface area contributed by atoms with Crippen LogP contribution in [0.25, 0.3) is 15.9 Å².